The molecule has 0 spiro atoms. The lowest BCUT2D eigenvalue weighted by Crippen LogP contribution is -2.50. The number of nitrogens with zero attached hydrogens (tertiary/aromatic N) is 7. The number of nitrogens with one attached hydrogen (secondary N) is 2. The molecule has 2 amide bonds. The summed E-state index contributed by atoms with van der Waals surface area (Å²) in [6, 6.07) is 7.67. The number of aromatic nitrogens is 7. The first-order valence-corrected chi connectivity index (χ1v) is 17.6. The molecular formula is C28H32ClF6N9O3Si. The van der Waals surface area contributed by atoms with Crippen molar-refractivity contribution in [2.24, 2.45) is 0 Å². The van der Waals surface area contributed by atoms with E-state index >= 15 is 0 Å². The maximum Gasteiger partial charge on any atom is 0.415 e. The van der Waals surface area contributed by atoms with E-state index in [1.165, 1.54) is 48.9 Å². The number of carbonyl (C=O) groups excluding carboxylic acids is 1. The van der Waals surface area contributed by atoms with E-state index in [2.05, 4.69) is 25.5 Å². The largest absolute Gasteiger partial charge is 0.415 e. The fourth-order valence-corrected chi connectivity index (χ4v) is 5.46. The average molecular weight is 720 g/mol. The maximum absolute atomic E-state index is 14.4. The summed E-state index contributed by atoms with van der Waals surface area (Å²) in [5.41, 5.74) is -0.596. The molecule has 1 aromatic carbocycles. The molecule has 1 atom stereocenters. The van der Waals surface area contributed by atoms with E-state index in [0.717, 1.165) is 13.9 Å². The van der Waals surface area contributed by atoms with Crippen LogP contribution in [0.5, 0.6) is 0 Å². The predicted octanol–water partition coefficient (Wildman–Crippen LogP) is 6.03. The van der Waals surface area contributed by atoms with Gasteiger partial charge in [0.1, 0.15) is 19.4 Å². The van der Waals surface area contributed by atoms with Crippen molar-refractivity contribution in [3.8, 4) is 17.2 Å². The molecule has 0 saturated heterocycles. The summed E-state index contributed by atoms with van der Waals surface area (Å²) in [6.45, 7) is 5.93. The van der Waals surface area contributed by atoms with Crippen LogP contribution < -0.4 is 16.3 Å². The van der Waals surface area contributed by atoms with Gasteiger partial charge in [-0.05, 0) is 54.5 Å². The van der Waals surface area contributed by atoms with E-state index in [-0.39, 0.29) is 29.7 Å². The van der Waals surface area contributed by atoms with Crippen LogP contribution in [0.4, 0.5) is 36.8 Å². The smallest absolute Gasteiger partial charge is 0.404 e. The molecule has 0 fully saturated rings. The van der Waals surface area contributed by atoms with E-state index in [1.54, 1.807) is 39.2 Å². The zero-order valence-electron chi connectivity index (χ0n) is 26.3. The summed E-state index contributed by atoms with van der Waals surface area (Å²) in [6.07, 6.45) is -9.25. The van der Waals surface area contributed by atoms with Crippen LogP contribution in [0.3, 0.4) is 0 Å². The third-order valence-electron chi connectivity index (χ3n) is 7.51. The predicted molar refractivity (Wildman–Crippen MR) is 166 cm³/mol. The minimum Gasteiger partial charge on any atom is -0.404 e. The lowest BCUT2D eigenvalue weighted by atomic mass is 10.2. The lowest BCUT2D eigenvalue weighted by molar-refractivity contribution is -0.202. The number of hydrogen-bond donors (Lipinski definition) is 2. The van der Waals surface area contributed by atoms with Crippen molar-refractivity contribution < 1.29 is 35.6 Å². The zero-order valence-corrected chi connectivity index (χ0v) is 28.1. The summed E-state index contributed by atoms with van der Waals surface area (Å²) in [5, 5.41) is 12.3. The Morgan fingerprint density at radius 2 is 1.69 bits per heavy atom. The minimum absolute atomic E-state index is 0.0139. The summed E-state index contributed by atoms with van der Waals surface area (Å²) in [5.74, 6) is -0.119. The highest BCUT2D eigenvalue weighted by Crippen LogP contribution is 2.40. The number of amides is 2. The summed E-state index contributed by atoms with van der Waals surface area (Å²) in [4.78, 5) is 33.9. The molecule has 0 aliphatic rings. The molecule has 0 radical (unpaired) electrons. The minimum atomic E-state index is -4.81. The van der Waals surface area contributed by atoms with Gasteiger partial charge in [-0.3, -0.25) is 4.57 Å². The van der Waals surface area contributed by atoms with Crippen LogP contribution in [0.2, 0.25) is 23.2 Å². The molecule has 0 bridgehead atoms. The molecule has 48 heavy (non-hydrogen) atoms. The first kappa shape index (κ1) is 36.6. The number of benzene rings is 1. The van der Waals surface area contributed by atoms with Crippen molar-refractivity contribution in [3.63, 3.8) is 0 Å². The molecule has 4 rings (SSSR count). The number of hydrogen-bond acceptors (Lipinski definition) is 7. The quantitative estimate of drug-likeness (QED) is 0.151. The highest BCUT2D eigenvalue weighted by molar-refractivity contribution is 6.74. The van der Waals surface area contributed by atoms with Gasteiger partial charge >= 0.3 is 24.1 Å². The van der Waals surface area contributed by atoms with E-state index in [0.29, 0.717) is 10.6 Å². The molecular weight excluding hydrogens is 688 g/mol. The van der Waals surface area contributed by atoms with Crippen LogP contribution in [-0.4, -0.2) is 73.4 Å². The summed E-state index contributed by atoms with van der Waals surface area (Å²) in [7, 11) is -2.95. The van der Waals surface area contributed by atoms with Gasteiger partial charge in [0.25, 0.3) is 0 Å². The van der Waals surface area contributed by atoms with Gasteiger partial charge in [0.15, 0.2) is 31.9 Å². The Bertz CT molecular complexity index is 1800. The number of alkyl halides is 6. The fraction of sp³-hybridized carbons (Fsp3) is 0.429. The number of pyridine rings is 1. The molecule has 0 aliphatic carbocycles. The van der Waals surface area contributed by atoms with Crippen molar-refractivity contribution in [2.45, 2.75) is 70.4 Å². The van der Waals surface area contributed by atoms with Gasteiger partial charge in [-0.25, -0.2) is 28.9 Å². The number of carbonyl (C=O) groups is 1. The SMILES string of the molecule is CC(C)(C)[Si](C)(C)OC(Cn1c(-c2ccc(Cl)cc2)nn(Cc2ncn(-c3ncccc3NC(=O)NCC(F)(F)F)n2)c1=O)C(F)(F)F. The molecule has 0 aliphatic heterocycles. The monoisotopic (exact) mass is 719 g/mol. The zero-order chi connectivity index (χ0) is 35.7. The first-order valence-electron chi connectivity index (χ1n) is 14.3. The van der Waals surface area contributed by atoms with Gasteiger partial charge in [-0.1, -0.05) is 32.4 Å². The summed E-state index contributed by atoms with van der Waals surface area (Å²) < 4.78 is 89.3. The van der Waals surface area contributed by atoms with Gasteiger partial charge < -0.3 is 15.1 Å². The van der Waals surface area contributed by atoms with Crippen molar-refractivity contribution >= 4 is 31.6 Å². The molecule has 12 nitrogen and oxygen atoms in total. The Morgan fingerprint density at radius 3 is 2.29 bits per heavy atom. The normalized spacial score (nSPS) is 13.4. The second kappa shape index (κ2) is 13.7. The van der Waals surface area contributed by atoms with Gasteiger partial charge in [0, 0.05) is 16.8 Å². The van der Waals surface area contributed by atoms with E-state index in [1.807, 2.05) is 0 Å². The highest BCUT2D eigenvalue weighted by Gasteiger charge is 2.48. The molecule has 0 saturated carbocycles. The Kier molecular flexibility index (Phi) is 10.5. The van der Waals surface area contributed by atoms with Crippen LogP contribution >= 0.6 is 11.6 Å². The van der Waals surface area contributed by atoms with Crippen LogP contribution in [-0.2, 0) is 17.5 Å². The van der Waals surface area contributed by atoms with Gasteiger partial charge in [0.2, 0.25) is 0 Å². The standard InChI is InChI=1S/C28H32ClF6N9O3Si/c1-26(2,3)48(4,5)47-20(28(33,34)35)13-42-22(17-8-10-18(29)11-9-17)41-43(25(42)46)14-21-38-16-44(40-21)23-19(7-6-12-36-23)39-24(45)37-15-27(30,31)32/h6-12,16,20H,13-15H2,1-5H3,(H2,37,39,45). The van der Waals surface area contributed by atoms with E-state index in [4.69, 9.17) is 16.0 Å². The maximum atomic E-state index is 14.4. The topological polar surface area (TPSA) is 134 Å². The van der Waals surface area contributed by atoms with Gasteiger partial charge in [0.05, 0.1) is 12.2 Å². The number of urea groups is 1. The van der Waals surface area contributed by atoms with Crippen LogP contribution in [0.25, 0.3) is 17.2 Å². The molecule has 20 heteroatoms. The molecule has 4 aromatic rings. The molecule has 2 N–H and O–H groups in total. The van der Waals surface area contributed by atoms with Crippen molar-refractivity contribution in [3.05, 3.63) is 70.3 Å². The van der Waals surface area contributed by atoms with Crippen molar-refractivity contribution in [2.75, 3.05) is 11.9 Å². The molecule has 1 unspecified atom stereocenters. The van der Waals surface area contributed by atoms with Crippen LogP contribution in [0.15, 0.2) is 53.7 Å². The Morgan fingerprint density at radius 1 is 1.02 bits per heavy atom. The first-order chi connectivity index (χ1) is 22.1. The highest BCUT2D eigenvalue weighted by atomic mass is 35.5. The van der Waals surface area contributed by atoms with Gasteiger partial charge in [-0.15, -0.1) is 10.2 Å². The third kappa shape index (κ3) is 9.01. The number of rotatable bonds is 10. The molecule has 3 heterocycles. The second-order valence-corrected chi connectivity index (χ2v) is 17.4. The average Bonchev–Trinajstić information content (AvgIpc) is 3.55. The van der Waals surface area contributed by atoms with Crippen LogP contribution in [0, 0.1) is 0 Å². The van der Waals surface area contributed by atoms with Gasteiger partial charge in [-0.2, -0.15) is 26.3 Å². The fourth-order valence-electron chi connectivity index (χ4n) is 4.06. The van der Waals surface area contributed by atoms with E-state index in [9.17, 15) is 35.9 Å². The van der Waals surface area contributed by atoms with Crippen molar-refractivity contribution in [1.29, 1.82) is 0 Å². The Labute approximate surface area is 276 Å². The molecule has 260 valence electrons. The Balaban J connectivity index is 1.67. The second-order valence-electron chi connectivity index (χ2n) is 12.2. The van der Waals surface area contributed by atoms with Crippen LogP contribution in [0.1, 0.15) is 26.6 Å². The van der Waals surface area contributed by atoms with E-state index < -0.39 is 56.6 Å². The Hall–Kier alpha value is -4.23. The third-order valence-corrected chi connectivity index (χ3v) is 12.3. The summed E-state index contributed by atoms with van der Waals surface area (Å²) >= 11 is 6.01. The number of halogens is 7. The molecule has 3 aromatic heterocycles. The lowest BCUT2D eigenvalue weighted by Gasteiger charge is -2.39. The van der Waals surface area contributed by atoms with Crippen molar-refractivity contribution in [1.82, 2.24) is 39.4 Å². The number of anilines is 1.